The monoisotopic (exact) mass is 546 g/mol. The molecule has 2 amide bonds. The summed E-state index contributed by atoms with van der Waals surface area (Å²) in [5.74, 6) is -0.579. The number of carbonyl (C=O) groups excluding carboxylic acids is 3. The number of nitrogens with zero attached hydrogens (tertiary/aromatic N) is 1. The number of benzene rings is 2. The van der Waals surface area contributed by atoms with E-state index in [1.54, 1.807) is 6.20 Å². The Balaban J connectivity index is 1.89. The third kappa shape index (κ3) is 8.88. The Hall–Kier alpha value is -3.78. The molecule has 8 heteroatoms. The average Bonchev–Trinajstić information content (AvgIpc) is 3.41. The topological polar surface area (TPSA) is 124 Å². The van der Waals surface area contributed by atoms with Gasteiger partial charge in [-0.1, -0.05) is 88.4 Å². The number of Topliss-reactive ketones (excluding diaryl/α,β-unsaturated/α-hetero) is 1. The van der Waals surface area contributed by atoms with Crippen LogP contribution in [-0.4, -0.2) is 50.9 Å². The summed E-state index contributed by atoms with van der Waals surface area (Å²) in [5.41, 5.74) is 2.48. The first kappa shape index (κ1) is 30.8. The lowest BCUT2D eigenvalue weighted by Crippen LogP contribution is -2.54. The highest BCUT2D eigenvalue weighted by Crippen LogP contribution is 2.26. The number of aliphatic hydroxyl groups excluding tert-OH is 1. The normalized spacial score (nSPS) is 14.4. The Morgan fingerprint density at radius 3 is 1.98 bits per heavy atom. The maximum atomic E-state index is 13.3. The smallest absolute Gasteiger partial charge is 0.243 e. The Bertz CT molecular complexity index is 1240. The van der Waals surface area contributed by atoms with Crippen LogP contribution in [0.15, 0.2) is 66.9 Å². The van der Waals surface area contributed by atoms with Crippen LogP contribution in [0.25, 0.3) is 0 Å². The van der Waals surface area contributed by atoms with Crippen molar-refractivity contribution >= 4 is 17.6 Å². The Labute approximate surface area is 237 Å². The van der Waals surface area contributed by atoms with Crippen LogP contribution in [0, 0.1) is 11.8 Å². The Morgan fingerprint density at radius 2 is 1.45 bits per heavy atom. The van der Waals surface area contributed by atoms with Gasteiger partial charge in [0.2, 0.25) is 11.8 Å². The first-order chi connectivity index (χ1) is 19.0. The van der Waals surface area contributed by atoms with Crippen LogP contribution >= 0.6 is 0 Å². The largest absolute Gasteiger partial charge is 0.391 e. The van der Waals surface area contributed by atoms with E-state index in [0.29, 0.717) is 30.8 Å². The molecule has 0 unspecified atom stereocenters. The minimum atomic E-state index is -0.933. The average molecular weight is 547 g/mol. The van der Waals surface area contributed by atoms with Crippen LogP contribution in [0.4, 0.5) is 0 Å². The molecule has 0 fully saturated rings. The molecule has 0 aliphatic heterocycles. The number of rotatable bonds is 14. The zero-order valence-electron chi connectivity index (χ0n) is 24.1. The van der Waals surface area contributed by atoms with Crippen molar-refractivity contribution in [2.75, 3.05) is 0 Å². The summed E-state index contributed by atoms with van der Waals surface area (Å²) in [6.45, 7) is 8.80. The molecule has 2 aromatic carbocycles. The second kappa shape index (κ2) is 14.6. The number of H-pyrrole nitrogens is 1. The second-order valence-electron chi connectivity index (χ2n) is 11.1. The molecule has 4 atom stereocenters. The SMILES string of the molecule is CC(=O)N[C@@H](C(=O)N[C@@H](Cc1ccccc1)[C@@H](O)C[C@@H](Cc1ccccc1)c1ncc(C(=O)C(C)C)[nH]1)C(C)C. The fourth-order valence-electron chi connectivity index (χ4n) is 4.80. The van der Waals surface area contributed by atoms with Gasteiger partial charge in [-0.3, -0.25) is 14.4 Å². The molecule has 8 nitrogen and oxygen atoms in total. The van der Waals surface area contributed by atoms with Crippen LogP contribution in [-0.2, 0) is 22.4 Å². The molecule has 0 aliphatic rings. The molecule has 0 bridgehead atoms. The minimum Gasteiger partial charge on any atom is -0.391 e. The number of aliphatic hydroxyl groups is 1. The van der Waals surface area contributed by atoms with Crippen LogP contribution in [0.3, 0.4) is 0 Å². The Morgan fingerprint density at radius 1 is 0.875 bits per heavy atom. The predicted molar refractivity (Wildman–Crippen MR) is 156 cm³/mol. The summed E-state index contributed by atoms with van der Waals surface area (Å²) in [6, 6.07) is 18.2. The number of aromatic nitrogens is 2. The van der Waals surface area contributed by atoms with Crippen LogP contribution in [0.5, 0.6) is 0 Å². The van der Waals surface area contributed by atoms with Crippen LogP contribution in [0.1, 0.15) is 74.4 Å². The van der Waals surface area contributed by atoms with Gasteiger partial charge in [-0.2, -0.15) is 0 Å². The van der Waals surface area contributed by atoms with Gasteiger partial charge in [-0.25, -0.2) is 4.98 Å². The van der Waals surface area contributed by atoms with Gasteiger partial charge in [0.1, 0.15) is 17.6 Å². The lowest BCUT2D eigenvalue weighted by atomic mass is 9.88. The maximum Gasteiger partial charge on any atom is 0.243 e. The van der Waals surface area contributed by atoms with Crippen molar-refractivity contribution in [3.63, 3.8) is 0 Å². The lowest BCUT2D eigenvalue weighted by Gasteiger charge is -2.30. The molecule has 0 radical (unpaired) electrons. The number of ketones is 1. The van der Waals surface area contributed by atoms with Crippen molar-refractivity contribution in [3.05, 3.63) is 89.5 Å². The number of amides is 2. The highest BCUT2D eigenvalue weighted by molar-refractivity contribution is 5.95. The van der Waals surface area contributed by atoms with E-state index in [2.05, 4.69) is 20.6 Å². The molecule has 214 valence electrons. The summed E-state index contributed by atoms with van der Waals surface area (Å²) in [7, 11) is 0. The van der Waals surface area contributed by atoms with Gasteiger partial charge in [-0.05, 0) is 36.3 Å². The fourth-order valence-corrected chi connectivity index (χ4v) is 4.80. The third-order valence-electron chi connectivity index (χ3n) is 7.02. The first-order valence-corrected chi connectivity index (χ1v) is 14.0. The number of carbonyl (C=O) groups is 3. The van der Waals surface area contributed by atoms with E-state index in [-0.39, 0.29) is 35.4 Å². The van der Waals surface area contributed by atoms with E-state index >= 15 is 0 Å². The molecule has 4 N–H and O–H groups in total. The van der Waals surface area contributed by atoms with Gasteiger partial charge in [0.05, 0.1) is 18.3 Å². The van der Waals surface area contributed by atoms with Crippen molar-refractivity contribution in [1.82, 2.24) is 20.6 Å². The summed E-state index contributed by atoms with van der Waals surface area (Å²) in [5, 5.41) is 17.4. The molecule has 1 aromatic heterocycles. The van der Waals surface area contributed by atoms with Gasteiger partial charge >= 0.3 is 0 Å². The molecule has 0 aliphatic carbocycles. The second-order valence-corrected chi connectivity index (χ2v) is 11.1. The van der Waals surface area contributed by atoms with E-state index in [4.69, 9.17) is 0 Å². The standard InChI is InChI=1S/C32H42N4O4/c1-20(2)29(34-22(5)37)32(40)36-26(17-24-14-10-7-11-15-24)28(38)18-25(16-23-12-8-6-9-13-23)31-33-19-27(35-31)30(39)21(3)4/h6-15,19-21,25-26,28-29,38H,16-18H2,1-5H3,(H,33,35)(H,34,37)(H,36,40)/t25-,26+,28+,29-/m1/s1. The lowest BCUT2D eigenvalue weighted by molar-refractivity contribution is -0.130. The number of hydrogen-bond donors (Lipinski definition) is 4. The molecule has 0 saturated heterocycles. The quantitative estimate of drug-likeness (QED) is 0.226. The summed E-state index contributed by atoms with van der Waals surface area (Å²) >= 11 is 0. The maximum absolute atomic E-state index is 13.3. The van der Waals surface area contributed by atoms with Crippen LogP contribution in [0.2, 0.25) is 0 Å². The fraction of sp³-hybridized carbons (Fsp3) is 0.438. The molecule has 3 aromatic rings. The van der Waals surface area contributed by atoms with E-state index in [1.165, 1.54) is 6.92 Å². The predicted octanol–water partition coefficient (Wildman–Crippen LogP) is 4.21. The van der Waals surface area contributed by atoms with Gasteiger partial charge in [-0.15, -0.1) is 0 Å². The summed E-state index contributed by atoms with van der Waals surface area (Å²) < 4.78 is 0. The summed E-state index contributed by atoms with van der Waals surface area (Å²) in [6.07, 6.45) is 1.92. The van der Waals surface area contributed by atoms with Crippen molar-refractivity contribution in [2.45, 2.75) is 78.0 Å². The molecule has 1 heterocycles. The number of nitrogens with one attached hydrogen (secondary N) is 3. The zero-order valence-corrected chi connectivity index (χ0v) is 24.1. The van der Waals surface area contributed by atoms with E-state index in [1.807, 2.05) is 88.4 Å². The van der Waals surface area contributed by atoms with Crippen molar-refractivity contribution in [2.24, 2.45) is 11.8 Å². The molecule has 0 spiro atoms. The molecule has 40 heavy (non-hydrogen) atoms. The van der Waals surface area contributed by atoms with Gasteiger partial charge in [0, 0.05) is 18.8 Å². The molecule has 3 rings (SSSR count). The minimum absolute atomic E-state index is 0.0234. The third-order valence-corrected chi connectivity index (χ3v) is 7.02. The van der Waals surface area contributed by atoms with E-state index in [9.17, 15) is 19.5 Å². The number of aromatic amines is 1. The zero-order chi connectivity index (χ0) is 29.2. The molecular weight excluding hydrogens is 504 g/mol. The highest BCUT2D eigenvalue weighted by atomic mass is 16.3. The number of hydrogen-bond acceptors (Lipinski definition) is 5. The van der Waals surface area contributed by atoms with Crippen molar-refractivity contribution < 1.29 is 19.5 Å². The molecule has 0 saturated carbocycles. The summed E-state index contributed by atoms with van der Waals surface area (Å²) in [4.78, 5) is 45.4. The van der Waals surface area contributed by atoms with Crippen molar-refractivity contribution in [1.29, 1.82) is 0 Å². The number of imidazole rings is 1. The first-order valence-electron chi connectivity index (χ1n) is 14.0. The van der Waals surface area contributed by atoms with Gasteiger partial charge in [0.25, 0.3) is 0 Å². The van der Waals surface area contributed by atoms with Gasteiger partial charge < -0.3 is 20.7 Å². The van der Waals surface area contributed by atoms with Crippen molar-refractivity contribution in [3.8, 4) is 0 Å². The Kier molecular flexibility index (Phi) is 11.2. The van der Waals surface area contributed by atoms with E-state index in [0.717, 1.165) is 11.1 Å². The van der Waals surface area contributed by atoms with Gasteiger partial charge in [0.15, 0.2) is 5.78 Å². The highest BCUT2D eigenvalue weighted by Gasteiger charge is 2.31. The van der Waals surface area contributed by atoms with E-state index < -0.39 is 18.2 Å². The molecular formula is C32H42N4O4. The van der Waals surface area contributed by atoms with Crippen LogP contribution < -0.4 is 10.6 Å².